The van der Waals surface area contributed by atoms with Gasteiger partial charge in [0.05, 0.1) is 18.8 Å². The van der Waals surface area contributed by atoms with Crippen LogP contribution in [0.5, 0.6) is 0 Å². The number of amides is 1. The predicted molar refractivity (Wildman–Crippen MR) is 134 cm³/mol. The minimum atomic E-state index is -0.101. The van der Waals surface area contributed by atoms with Crippen molar-refractivity contribution in [1.82, 2.24) is 29.5 Å². The van der Waals surface area contributed by atoms with Gasteiger partial charge in [-0.05, 0) is 58.9 Å². The van der Waals surface area contributed by atoms with Crippen molar-refractivity contribution in [3.8, 4) is 17.4 Å². The van der Waals surface area contributed by atoms with E-state index in [1.807, 2.05) is 39.0 Å². The molecule has 3 aromatic heterocycles. The fourth-order valence-electron chi connectivity index (χ4n) is 4.45. The molecule has 1 amide bonds. The van der Waals surface area contributed by atoms with E-state index < -0.39 is 0 Å². The number of nitrogens with zero attached hydrogens (tertiary/aromatic N) is 6. The summed E-state index contributed by atoms with van der Waals surface area (Å²) in [7, 11) is 3.87. The third-order valence-electron chi connectivity index (χ3n) is 6.36. The average molecular weight is 482 g/mol. The predicted octanol–water partition coefficient (Wildman–Crippen LogP) is 2.83. The third-order valence-corrected chi connectivity index (χ3v) is 6.36. The van der Waals surface area contributed by atoms with Crippen LogP contribution in [0, 0.1) is 20.8 Å². The number of anilines is 1. The molecular weight excluding hydrogens is 446 g/mol. The number of hydrogen-bond acceptors (Lipinski definition) is 8. The van der Waals surface area contributed by atoms with Crippen LogP contribution in [0.2, 0.25) is 0 Å². The Morgan fingerprint density at radius 3 is 2.60 bits per heavy atom. The number of ether oxygens (including phenoxy) is 1. The molecule has 0 atom stereocenters. The van der Waals surface area contributed by atoms with E-state index in [9.17, 15) is 4.79 Å². The van der Waals surface area contributed by atoms with Gasteiger partial charge in [-0.25, -0.2) is 14.6 Å². The van der Waals surface area contributed by atoms with E-state index in [1.54, 1.807) is 17.9 Å². The van der Waals surface area contributed by atoms with Crippen LogP contribution < -0.4 is 5.32 Å². The van der Waals surface area contributed by atoms with Gasteiger partial charge >= 0.3 is 0 Å². The largest absolute Gasteiger partial charge is 0.458 e. The highest BCUT2D eigenvalue weighted by molar-refractivity contribution is 5.91. The summed E-state index contributed by atoms with van der Waals surface area (Å²) < 4.78 is 12.7. The Morgan fingerprint density at radius 1 is 1.20 bits per heavy atom. The highest BCUT2D eigenvalue weighted by Crippen LogP contribution is 2.23. The molecule has 1 N–H and O–H groups in total. The highest BCUT2D eigenvalue weighted by Gasteiger charge is 2.24. The molecule has 1 aliphatic heterocycles. The fraction of sp³-hybridized carbons (Fsp3) is 0.520. The number of aryl methyl sites for hydroxylation is 3. The van der Waals surface area contributed by atoms with Crippen molar-refractivity contribution in [2.45, 2.75) is 39.7 Å². The second kappa shape index (κ2) is 11.1. The number of likely N-dealkylation sites (tertiary alicyclic amines) is 1. The van der Waals surface area contributed by atoms with Crippen LogP contribution in [-0.2, 0) is 9.53 Å². The van der Waals surface area contributed by atoms with Crippen LogP contribution in [0.4, 0.5) is 5.82 Å². The van der Waals surface area contributed by atoms with E-state index in [1.165, 1.54) is 0 Å². The molecule has 10 nitrogen and oxygen atoms in total. The number of carbonyl (C=O) groups is 1. The number of carbonyl (C=O) groups excluding carboxylic acids is 1. The first-order valence-corrected chi connectivity index (χ1v) is 12.0. The zero-order chi connectivity index (χ0) is 24.9. The van der Waals surface area contributed by atoms with Gasteiger partial charge in [0.25, 0.3) is 0 Å². The summed E-state index contributed by atoms with van der Waals surface area (Å²) in [6.45, 7) is 9.51. The smallest absolute Gasteiger partial charge is 0.239 e. The van der Waals surface area contributed by atoms with Gasteiger partial charge in [-0.3, -0.25) is 9.69 Å². The molecule has 0 spiro atoms. The molecule has 188 valence electrons. The van der Waals surface area contributed by atoms with Crippen molar-refractivity contribution in [2.75, 3.05) is 52.3 Å². The molecule has 0 aromatic carbocycles. The average Bonchev–Trinajstić information content (AvgIpc) is 3.42. The summed E-state index contributed by atoms with van der Waals surface area (Å²) in [5.74, 6) is 2.60. The lowest BCUT2D eigenvalue weighted by molar-refractivity contribution is -0.117. The maximum absolute atomic E-state index is 12.9. The van der Waals surface area contributed by atoms with Gasteiger partial charge in [0.15, 0.2) is 17.4 Å². The lowest BCUT2D eigenvalue weighted by atomic mass is 10.0. The summed E-state index contributed by atoms with van der Waals surface area (Å²) in [6.07, 6.45) is 2.07. The van der Waals surface area contributed by atoms with E-state index in [0.717, 1.165) is 56.2 Å². The Balaban J connectivity index is 1.45. The summed E-state index contributed by atoms with van der Waals surface area (Å²) in [5, 5.41) is 7.50. The van der Waals surface area contributed by atoms with E-state index >= 15 is 0 Å². The molecule has 4 heterocycles. The third kappa shape index (κ3) is 6.33. The molecule has 0 unspecified atom stereocenters. The molecule has 3 aromatic rings. The second-order valence-electron chi connectivity index (χ2n) is 9.21. The molecule has 0 saturated carbocycles. The van der Waals surface area contributed by atoms with Gasteiger partial charge in [0.1, 0.15) is 11.6 Å². The first kappa shape index (κ1) is 25.0. The number of furan rings is 1. The number of nitrogens with one attached hydrogen (secondary N) is 1. The van der Waals surface area contributed by atoms with E-state index in [-0.39, 0.29) is 5.91 Å². The van der Waals surface area contributed by atoms with Crippen molar-refractivity contribution < 1.29 is 13.9 Å². The zero-order valence-electron chi connectivity index (χ0n) is 21.2. The SMILES string of the molecule is COCCN(C)C1CCN(CC(=O)Nc2cc(-n3nc(C)cc3C)nc(-c3ccc(C)o3)n2)CC1. The van der Waals surface area contributed by atoms with Crippen LogP contribution in [0.25, 0.3) is 17.4 Å². The molecule has 0 bridgehead atoms. The second-order valence-corrected chi connectivity index (χ2v) is 9.21. The summed E-state index contributed by atoms with van der Waals surface area (Å²) in [6, 6.07) is 7.94. The van der Waals surface area contributed by atoms with Gasteiger partial charge in [0.2, 0.25) is 5.91 Å². The Morgan fingerprint density at radius 2 is 1.97 bits per heavy atom. The normalized spacial score (nSPS) is 15.1. The van der Waals surface area contributed by atoms with Crippen molar-refractivity contribution in [2.24, 2.45) is 0 Å². The minimum absolute atomic E-state index is 0.101. The van der Waals surface area contributed by atoms with Gasteiger partial charge < -0.3 is 19.4 Å². The lowest BCUT2D eigenvalue weighted by Crippen LogP contribution is -2.46. The van der Waals surface area contributed by atoms with Gasteiger partial charge in [-0.1, -0.05) is 0 Å². The number of hydrogen-bond donors (Lipinski definition) is 1. The molecule has 1 saturated heterocycles. The molecule has 35 heavy (non-hydrogen) atoms. The number of aromatic nitrogens is 4. The first-order valence-electron chi connectivity index (χ1n) is 12.0. The molecule has 1 aliphatic rings. The van der Waals surface area contributed by atoms with Crippen LogP contribution in [-0.4, -0.2) is 88.4 Å². The fourth-order valence-corrected chi connectivity index (χ4v) is 4.45. The Labute approximate surface area is 206 Å². The monoisotopic (exact) mass is 481 g/mol. The van der Waals surface area contributed by atoms with Crippen molar-refractivity contribution in [3.05, 3.63) is 41.4 Å². The molecule has 0 radical (unpaired) electrons. The Bertz CT molecular complexity index is 1150. The van der Waals surface area contributed by atoms with Crippen LogP contribution in [0.3, 0.4) is 0 Å². The molecule has 1 fully saturated rings. The van der Waals surface area contributed by atoms with Gasteiger partial charge in [-0.15, -0.1) is 0 Å². The zero-order valence-corrected chi connectivity index (χ0v) is 21.2. The van der Waals surface area contributed by atoms with Crippen LogP contribution in [0.1, 0.15) is 30.0 Å². The Kier molecular flexibility index (Phi) is 7.94. The maximum atomic E-state index is 12.9. The number of likely N-dealkylation sites (N-methyl/N-ethyl adjacent to an activating group) is 1. The van der Waals surface area contributed by atoms with Gasteiger partial charge in [-0.2, -0.15) is 5.10 Å². The minimum Gasteiger partial charge on any atom is -0.458 e. The highest BCUT2D eigenvalue weighted by atomic mass is 16.5. The van der Waals surface area contributed by atoms with E-state index in [4.69, 9.17) is 9.15 Å². The van der Waals surface area contributed by atoms with E-state index in [2.05, 4.69) is 37.2 Å². The van der Waals surface area contributed by atoms with Crippen LogP contribution >= 0.6 is 0 Å². The topological polar surface area (TPSA) is 102 Å². The first-order chi connectivity index (χ1) is 16.8. The number of methoxy groups -OCH3 is 1. The number of piperidine rings is 1. The van der Waals surface area contributed by atoms with Crippen molar-refractivity contribution >= 4 is 11.7 Å². The molecular formula is C25H35N7O3. The lowest BCUT2D eigenvalue weighted by Gasteiger charge is -2.36. The standard InChI is InChI=1S/C25H35N7O3/c1-17-14-18(2)32(29-17)23-15-22(27-25(28-23)21-7-6-19(3)35-21)26-24(33)16-31-10-8-20(9-11-31)30(4)12-13-34-5/h6-7,14-15,20H,8-13,16H2,1-5H3,(H,26,27,28,33). The van der Waals surface area contributed by atoms with Crippen LogP contribution in [0.15, 0.2) is 28.7 Å². The maximum Gasteiger partial charge on any atom is 0.239 e. The Hall–Kier alpha value is -3.08. The molecule has 4 rings (SSSR count). The number of rotatable bonds is 9. The summed E-state index contributed by atoms with van der Waals surface area (Å²) in [4.78, 5) is 26.7. The van der Waals surface area contributed by atoms with Crippen molar-refractivity contribution in [3.63, 3.8) is 0 Å². The summed E-state index contributed by atoms with van der Waals surface area (Å²) in [5.41, 5.74) is 1.83. The van der Waals surface area contributed by atoms with Gasteiger partial charge in [0, 0.05) is 44.5 Å². The summed E-state index contributed by atoms with van der Waals surface area (Å²) >= 11 is 0. The van der Waals surface area contributed by atoms with Crippen molar-refractivity contribution in [1.29, 1.82) is 0 Å². The molecule has 10 heteroatoms. The molecule has 0 aliphatic carbocycles. The van der Waals surface area contributed by atoms with E-state index in [0.29, 0.717) is 35.8 Å². The quantitative estimate of drug-likeness (QED) is 0.498.